The number of hydrogen-bond acceptors (Lipinski definition) is 4. The summed E-state index contributed by atoms with van der Waals surface area (Å²) >= 11 is 0. The van der Waals surface area contributed by atoms with E-state index in [9.17, 15) is 19.7 Å². The Morgan fingerprint density at radius 3 is 1.96 bits per heavy atom. The lowest BCUT2D eigenvalue weighted by atomic mass is 9.63. The van der Waals surface area contributed by atoms with E-state index in [1.165, 1.54) is 17.0 Å². The van der Waals surface area contributed by atoms with Crippen molar-refractivity contribution in [3.8, 4) is 0 Å². The average molecular weight is 312 g/mol. The molecule has 1 saturated heterocycles. The monoisotopic (exact) mass is 312 g/mol. The van der Waals surface area contributed by atoms with Crippen molar-refractivity contribution < 1.29 is 14.5 Å². The van der Waals surface area contributed by atoms with Crippen LogP contribution in [-0.2, 0) is 16.1 Å². The van der Waals surface area contributed by atoms with Gasteiger partial charge in [-0.15, -0.1) is 0 Å². The van der Waals surface area contributed by atoms with Crippen LogP contribution in [0.5, 0.6) is 0 Å². The van der Waals surface area contributed by atoms with Gasteiger partial charge in [-0.2, -0.15) is 0 Å². The van der Waals surface area contributed by atoms with Crippen molar-refractivity contribution in [1.82, 2.24) is 4.90 Å². The minimum absolute atomic E-state index is 0.00346. The van der Waals surface area contributed by atoms with Gasteiger partial charge in [0.05, 0.1) is 23.3 Å². The zero-order valence-corrected chi connectivity index (χ0v) is 12.4. The van der Waals surface area contributed by atoms with Crippen molar-refractivity contribution >= 4 is 17.5 Å². The molecular weight excluding hydrogens is 296 g/mol. The van der Waals surface area contributed by atoms with E-state index in [4.69, 9.17) is 0 Å². The quantitative estimate of drug-likeness (QED) is 0.371. The van der Waals surface area contributed by atoms with Gasteiger partial charge in [0.25, 0.3) is 5.69 Å². The minimum Gasteiger partial charge on any atom is -0.278 e. The normalized spacial score (nSPS) is 31.6. The summed E-state index contributed by atoms with van der Waals surface area (Å²) in [5.41, 5.74) is 0.736. The van der Waals surface area contributed by atoms with Crippen LogP contribution in [0, 0.1) is 33.8 Å². The van der Waals surface area contributed by atoms with E-state index in [1.54, 1.807) is 12.1 Å². The molecule has 0 spiro atoms. The molecule has 4 aliphatic rings. The van der Waals surface area contributed by atoms with Gasteiger partial charge >= 0.3 is 0 Å². The molecule has 3 aliphatic carbocycles. The van der Waals surface area contributed by atoms with E-state index < -0.39 is 4.92 Å². The van der Waals surface area contributed by atoms with Crippen LogP contribution in [0.2, 0.25) is 0 Å². The number of allylic oxidation sites excluding steroid dienone is 2. The molecule has 1 aromatic rings. The fraction of sp³-hybridized carbons (Fsp3) is 0.412. The molecule has 5 rings (SSSR count). The number of nitro groups is 1. The highest BCUT2D eigenvalue weighted by atomic mass is 16.6. The smallest absolute Gasteiger partial charge is 0.269 e. The molecule has 0 aromatic heterocycles. The third-order valence-corrected chi connectivity index (χ3v) is 5.34. The topological polar surface area (TPSA) is 80.5 Å². The lowest BCUT2D eigenvalue weighted by Crippen LogP contribution is -2.38. The Labute approximate surface area is 132 Å². The van der Waals surface area contributed by atoms with Crippen LogP contribution >= 0.6 is 0 Å². The Bertz CT molecular complexity index is 693. The highest BCUT2D eigenvalue weighted by Gasteiger charge is 2.56. The summed E-state index contributed by atoms with van der Waals surface area (Å²) in [6.45, 7) is 0.197. The van der Waals surface area contributed by atoms with Gasteiger partial charge in [0, 0.05) is 12.1 Å². The van der Waals surface area contributed by atoms with Crippen LogP contribution in [0.1, 0.15) is 18.4 Å². The van der Waals surface area contributed by atoms with Crippen molar-refractivity contribution in [2.75, 3.05) is 0 Å². The van der Waals surface area contributed by atoms with Gasteiger partial charge in [-0.25, -0.2) is 0 Å². The molecule has 1 aromatic carbocycles. The van der Waals surface area contributed by atoms with Crippen molar-refractivity contribution in [2.24, 2.45) is 23.7 Å². The largest absolute Gasteiger partial charge is 0.278 e. The van der Waals surface area contributed by atoms with Gasteiger partial charge in [-0.05, 0) is 30.2 Å². The average Bonchev–Trinajstić information content (AvgIpc) is 2.83. The maximum atomic E-state index is 12.7. The Hall–Kier alpha value is -2.50. The number of benzene rings is 1. The van der Waals surface area contributed by atoms with Crippen LogP contribution in [0.25, 0.3) is 0 Å². The molecule has 118 valence electrons. The van der Waals surface area contributed by atoms with Crippen LogP contribution in [-0.4, -0.2) is 21.6 Å². The number of imide groups is 1. The molecule has 2 fully saturated rings. The number of non-ortho nitro benzene ring substituents is 1. The molecule has 2 amide bonds. The second kappa shape index (κ2) is 5.01. The zero-order chi connectivity index (χ0) is 16.1. The number of carbonyl (C=O) groups is 2. The van der Waals surface area contributed by atoms with Gasteiger partial charge < -0.3 is 0 Å². The van der Waals surface area contributed by atoms with Gasteiger partial charge in [-0.3, -0.25) is 24.6 Å². The predicted molar refractivity (Wildman–Crippen MR) is 81.0 cm³/mol. The second-order valence-corrected chi connectivity index (χ2v) is 6.53. The molecule has 23 heavy (non-hydrogen) atoms. The van der Waals surface area contributed by atoms with E-state index >= 15 is 0 Å². The number of fused-ring (bicyclic) bond motifs is 1. The van der Waals surface area contributed by atoms with Gasteiger partial charge in [0.1, 0.15) is 0 Å². The first-order valence-electron chi connectivity index (χ1n) is 7.83. The van der Waals surface area contributed by atoms with Gasteiger partial charge in [-0.1, -0.05) is 24.3 Å². The standard InChI is InChI=1S/C17H16N2O4/c20-16-14-11-3-4-12(6-5-11)15(14)17(21)18(16)9-10-1-7-13(8-2-10)19(22)23/h1-4,7-8,11-12,14-15H,5-6,9H2/t11-,12-,14-,15-/m0/s1. The van der Waals surface area contributed by atoms with Crippen LogP contribution in [0.3, 0.4) is 0 Å². The number of hydrogen-bond donors (Lipinski definition) is 0. The number of likely N-dealkylation sites (tertiary alicyclic amines) is 1. The molecule has 6 nitrogen and oxygen atoms in total. The highest BCUT2D eigenvalue weighted by Crippen LogP contribution is 2.49. The maximum Gasteiger partial charge on any atom is 0.269 e. The SMILES string of the molecule is O=C1[C@@H]2[C@@H](C(=O)N1Cc1ccc([N+](=O)[O-])cc1)[C@H]1C=C[C@H]2CC1. The Kier molecular flexibility index (Phi) is 3.07. The van der Waals surface area contributed by atoms with Gasteiger partial charge in [0.15, 0.2) is 0 Å². The summed E-state index contributed by atoms with van der Waals surface area (Å²) in [5.74, 6) is -0.213. The first kappa shape index (κ1) is 14.1. The molecular formula is C17H16N2O4. The molecule has 1 aliphatic heterocycles. The molecule has 4 atom stereocenters. The van der Waals surface area contributed by atoms with E-state index in [-0.39, 0.29) is 47.7 Å². The second-order valence-electron chi connectivity index (χ2n) is 6.53. The Balaban J connectivity index is 1.57. The number of nitrogens with zero attached hydrogens (tertiary/aromatic N) is 2. The van der Waals surface area contributed by atoms with E-state index in [2.05, 4.69) is 12.2 Å². The lowest BCUT2D eigenvalue weighted by molar-refractivity contribution is -0.384. The first-order chi connectivity index (χ1) is 11.1. The number of carbonyl (C=O) groups excluding carboxylic acids is 2. The third kappa shape index (κ3) is 2.09. The number of rotatable bonds is 3. The molecule has 0 N–H and O–H groups in total. The first-order valence-corrected chi connectivity index (χ1v) is 7.83. The maximum absolute atomic E-state index is 12.7. The molecule has 0 radical (unpaired) electrons. The molecule has 1 saturated carbocycles. The van der Waals surface area contributed by atoms with E-state index in [0.717, 1.165) is 18.4 Å². The minimum atomic E-state index is -0.464. The summed E-state index contributed by atoms with van der Waals surface area (Å²) in [6, 6.07) is 6.01. The van der Waals surface area contributed by atoms with Crippen molar-refractivity contribution in [1.29, 1.82) is 0 Å². The van der Waals surface area contributed by atoms with Crippen molar-refractivity contribution in [3.63, 3.8) is 0 Å². The Morgan fingerprint density at radius 1 is 1.00 bits per heavy atom. The molecule has 0 unspecified atom stereocenters. The molecule has 1 heterocycles. The van der Waals surface area contributed by atoms with E-state index in [1.807, 2.05) is 0 Å². The fourth-order valence-corrected chi connectivity index (χ4v) is 4.20. The Morgan fingerprint density at radius 2 is 1.52 bits per heavy atom. The third-order valence-electron chi connectivity index (χ3n) is 5.34. The lowest BCUT2D eigenvalue weighted by Gasteiger charge is -2.38. The predicted octanol–water partition coefficient (Wildman–Crippen LogP) is 2.29. The summed E-state index contributed by atoms with van der Waals surface area (Å²) in [5, 5.41) is 10.7. The van der Waals surface area contributed by atoms with Gasteiger partial charge in [0.2, 0.25) is 11.8 Å². The van der Waals surface area contributed by atoms with Crippen molar-refractivity contribution in [3.05, 3.63) is 52.1 Å². The van der Waals surface area contributed by atoms with Crippen LogP contribution < -0.4 is 0 Å². The summed E-state index contributed by atoms with van der Waals surface area (Å²) in [4.78, 5) is 36.9. The summed E-state index contributed by atoms with van der Waals surface area (Å²) in [7, 11) is 0. The zero-order valence-electron chi connectivity index (χ0n) is 12.4. The summed E-state index contributed by atoms with van der Waals surface area (Å²) < 4.78 is 0. The van der Waals surface area contributed by atoms with Crippen LogP contribution in [0.15, 0.2) is 36.4 Å². The molecule has 6 heteroatoms. The number of amides is 2. The van der Waals surface area contributed by atoms with Crippen molar-refractivity contribution in [2.45, 2.75) is 19.4 Å². The highest BCUT2D eigenvalue weighted by molar-refractivity contribution is 6.06. The summed E-state index contributed by atoms with van der Waals surface area (Å²) in [6.07, 6.45) is 6.14. The van der Waals surface area contributed by atoms with E-state index in [0.29, 0.717) is 0 Å². The fourth-order valence-electron chi connectivity index (χ4n) is 4.20. The number of nitro benzene ring substituents is 1. The molecule has 2 bridgehead atoms. The van der Waals surface area contributed by atoms with Crippen LogP contribution in [0.4, 0.5) is 5.69 Å².